The summed E-state index contributed by atoms with van der Waals surface area (Å²) in [5.41, 5.74) is 1.84. The Morgan fingerprint density at radius 1 is 1.20 bits per heavy atom. The van der Waals surface area contributed by atoms with Gasteiger partial charge in [-0.2, -0.15) is 13.2 Å². The third kappa shape index (κ3) is 5.17. The normalized spacial score (nSPS) is 17.8. The van der Waals surface area contributed by atoms with Gasteiger partial charge in [0.05, 0.1) is 36.1 Å². The predicted molar refractivity (Wildman–Crippen MR) is 137 cm³/mol. The molecule has 1 saturated carbocycles. The lowest BCUT2D eigenvalue weighted by molar-refractivity contribution is -0.162. The Morgan fingerprint density at radius 3 is 2.70 bits per heavy atom. The zero-order valence-corrected chi connectivity index (χ0v) is 21.9. The zero-order valence-electron chi connectivity index (χ0n) is 21.1. The van der Waals surface area contributed by atoms with E-state index < -0.39 is 30.6 Å². The average molecular weight is 579 g/mol. The maximum Gasteiger partial charge on any atom is 0.408 e. The first-order chi connectivity index (χ1) is 19.0. The summed E-state index contributed by atoms with van der Waals surface area (Å²) in [6, 6.07) is -0.308. The van der Waals surface area contributed by atoms with E-state index in [9.17, 15) is 26.7 Å². The number of anilines is 2. The summed E-state index contributed by atoms with van der Waals surface area (Å²) in [6.07, 6.45) is 4.63. The maximum atomic E-state index is 14.0. The number of imidazole rings is 2. The van der Waals surface area contributed by atoms with E-state index in [1.807, 2.05) is 6.20 Å². The van der Waals surface area contributed by atoms with Crippen LogP contribution in [0, 0.1) is 0 Å². The number of rotatable bonds is 7. The van der Waals surface area contributed by atoms with E-state index in [0.717, 1.165) is 41.4 Å². The molecule has 1 aliphatic heterocycles. The highest BCUT2D eigenvalue weighted by atomic mass is 32.1. The zero-order chi connectivity index (χ0) is 28.2. The number of hydrogen-bond acceptors (Lipinski definition) is 7. The van der Waals surface area contributed by atoms with Crippen molar-refractivity contribution in [1.29, 1.82) is 0 Å². The number of carbonyl (C=O) groups excluding carboxylic acids is 1. The number of carbonyl (C=O) groups is 1. The van der Waals surface area contributed by atoms with Crippen LogP contribution in [0.2, 0.25) is 0 Å². The van der Waals surface area contributed by atoms with Crippen molar-refractivity contribution in [1.82, 2.24) is 29.1 Å². The minimum atomic E-state index is -4.47. The largest absolute Gasteiger partial charge is 0.408 e. The molecule has 5 heterocycles. The molecular weight excluding hydrogens is 555 g/mol. The van der Waals surface area contributed by atoms with Crippen LogP contribution in [0.15, 0.2) is 42.6 Å². The molecule has 1 amide bonds. The molecule has 0 bridgehead atoms. The first kappa shape index (κ1) is 26.3. The van der Waals surface area contributed by atoms with Crippen molar-refractivity contribution in [2.75, 3.05) is 23.3 Å². The van der Waals surface area contributed by atoms with E-state index in [1.165, 1.54) is 34.9 Å². The summed E-state index contributed by atoms with van der Waals surface area (Å²) in [4.78, 5) is 31.6. The van der Waals surface area contributed by atoms with Gasteiger partial charge in [-0.05, 0) is 25.8 Å². The van der Waals surface area contributed by atoms with Crippen molar-refractivity contribution in [2.24, 2.45) is 0 Å². The average Bonchev–Trinajstić information content (AvgIpc) is 3.30. The molecule has 1 N–H and O–H groups in total. The van der Waals surface area contributed by atoms with E-state index in [1.54, 1.807) is 10.9 Å². The molecule has 4 aromatic heterocycles. The molecule has 1 aliphatic carbocycles. The number of hydrogen-bond donors (Lipinski definition) is 1. The molecule has 0 radical (unpaired) electrons. The molecule has 0 aromatic carbocycles. The van der Waals surface area contributed by atoms with E-state index in [4.69, 9.17) is 0 Å². The number of nitrogens with zero attached hydrogens (tertiary/aromatic N) is 7. The molecule has 9 nitrogen and oxygen atoms in total. The molecule has 1 saturated heterocycles. The number of thiazole rings is 1. The van der Waals surface area contributed by atoms with Gasteiger partial charge in [0.2, 0.25) is 0 Å². The number of halogens is 5. The lowest BCUT2D eigenvalue weighted by atomic mass is 10.2. The summed E-state index contributed by atoms with van der Waals surface area (Å²) in [7, 11) is 0. The molecule has 0 unspecified atom stereocenters. The molecule has 2 aliphatic rings. The molecule has 15 heteroatoms. The van der Waals surface area contributed by atoms with E-state index in [2.05, 4.69) is 25.3 Å². The van der Waals surface area contributed by atoms with Gasteiger partial charge in [0.15, 0.2) is 10.8 Å². The summed E-state index contributed by atoms with van der Waals surface area (Å²) >= 11 is 1.03. The topological polar surface area (TPSA) is 93.8 Å². The highest BCUT2D eigenvalue weighted by molar-refractivity contribution is 7.13. The van der Waals surface area contributed by atoms with Crippen molar-refractivity contribution in [3.63, 3.8) is 0 Å². The second-order valence-corrected chi connectivity index (χ2v) is 10.8. The first-order valence-electron chi connectivity index (χ1n) is 12.5. The Morgan fingerprint density at radius 2 is 2.00 bits per heavy atom. The third-order valence-electron chi connectivity index (χ3n) is 6.98. The standard InChI is InChI=1S/C25H23F5N8OS/c1-14(25(28,29)30)38-7-5-31-21(38)23-35-20(11-40-23)34-22(39)16-8-18(37-10-17(33-13-37)15-2-3-15)19(9-32-16)36-6-4-24(26,27)12-36/h5,7-11,13-15H,2-4,6,12H2,1H3,(H,34,39)/t14-/m0/s1. The van der Waals surface area contributed by atoms with Crippen LogP contribution < -0.4 is 10.2 Å². The fourth-order valence-electron chi connectivity index (χ4n) is 4.58. The van der Waals surface area contributed by atoms with Crippen molar-refractivity contribution in [3.05, 3.63) is 53.9 Å². The SMILES string of the molecule is C[C@H](n1ccnc1-c1nc(NC(=O)c2cc(-n3cnc(C4CC4)c3)c(N3CCC(F)(F)C3)cn2)cs1)C(F)(F)F. The lowest BCUT2D eigenvalue weighted by Gasteiger charge is -2.22. The van der Waals surface area contributed by atoms with Gasteiger partial charge in [-0.25, -0.2) is 28.7 Å². The molecule has 0 spiro atoms. The van der Waals surface area contributed by atoms with Gasteiger partial charge < -0.3 is 19.4 Å². The maximum absolute atomic E-state index is 14.0. The van der Waals surface area contributed by atoms with Crippen molar-refractivity contribution >= 4 is 28.7 Å². The van der Waals surface area contributed by atoms with Crippen LogP contribution in [0.25, 0.3) is 16.5 Å². The van der Waals surface area contributed by atoms with Crippen LogP contribution in [0.4, 0.5) is 33.5 Å². The highest BCUT2D eigenvalue weighted by Gasteiger charge is 2.40. The molecule has 210 valence electrons. The van der Waals surface area contributed by atoms with Crippen LogP contribution in [0.1, 0.15) is 54.3 Å². The molecule has 40 heavy (non-hydrogen) atoms. The minimum absolute atomic E-state index is 0.00752. The number of aromatic nitrogens is 6. The fourth-order valence-corrected chi connectivity index (χ4v) is 5.33. The van der Waals surface area contributed by atoms with Crippen LogP contribution in [0.3, 0.4) is 0 Å². The van der Waals surface area contributed by atoms with Gasteiger partial charge in [-0.15, -0.1) is 11.3 Å². The van der Waals surface area contributed by atoms with Crippen molar-refractivity contribution < 1.29 is 26.7 Å². The molecule has 4 aromatic rings. The van der Waals surface area contributed by atoms with Gasteiger partial charge in [-0.1, -0.05) is 0 Å². The van der Waals surface area contributed by atoms with Gasteiger partial charge in [0, 0.05) is 42.9 Å². The Balaban J connectivity index is 1.26. The Bertz CT molecular complexity index is 1560. The van der Waals surface area contributed by atoms with Gasteiger partial charge in [0.25, 0.3) is 11.8 Å². The number of pyridine rings is 1. The second-order valence-electron chi connectivity index (χ2n) is 9.93. The second kappa shape index (κ2) is 9.64. The molecular formula is C25H23F5N8OS. The summed E-state index contributed by atoms with van der Waals surface area (Å²) in [6.45, 7) is 0.703. The highest BCUT2D eigenvalue weighted by Crippen LogP contribution is 2.40. The Kier molecular flexibility index (Phi) is 6.35. The van der Waals surface area contributed by atoms with E-state index in [0.29, 0.717) is 17.3 Å². The summed E-state index contributed by atoms with van der Waals surface area (Å²) in [5.74, 6) is -2.93. The molecule has 6 rings (SSSR count). The quantitative estimate of drug-likeness (QED) is 0.284. The van der Waals surface area contributed by atoms with Gasteiger partial charge >= 0.3 is 6.18 Å². The number of alkyl halides is 5. The smallest absolute Gasteiger partial charge is 0.362 e. The van der Waals surface area contributed by atoms with Crippen LogP contribution in [0.5, 0.6) is 0 Å². The van der Waals surface area contributed by atoms with E-state index >= 15 is 0 Å². The van der Waals surface area contributed by atoms with Crippen molar-refractivity contribution in [3.8, 4) is 16.5 Å². The number of amides is 1. The summed E-state index contributed by atoms with van der Waals surface area (Å²) in [5, 5.41) is 4.30. The fraction of sp³-hybridized carbons (Fsp3) is 0.400. The van der Waals surface area contributed by atoms with Crippen LogP contribution in [-0.4, -0.2) is 60.2 Å². The Hall–Kier alpha value is -3.88. The molecule has 1 atom stereocenters. The predicted octanol–water partition coefficient (Wildman–Crippen LogP) is 5.69. The number of nitrogens with one attached hydrogen (secondary N) is 1. The van der Waals surface area contributed by atoms with Gasteiger partial charge in [-0.3, -0.25) is 4.79 Å². The van der Waals surface area contributed by atoms with Crippen LogP contribution in [-0.2, 0) is 0 Å². The van der Waals surface area contributed by atoms with Gasteiger partial charge in [0.1, 0.15) is 17.6 Å². The third-order valence-corrected chi connectivity index (χ3v) is 7.82. The molecule has 2 fully saturated rings. The lowest BCUT2D eigenvalue weighted by Crippen LogP contribution is -2.26. The van der Waals surface area contributed by atoms with Crippen LogP contribution >= 0.6 is 11.3 Å². The summed E-state index contributed by atoms with van der Waals surface area (Å²) < 4.78 is 70.5. The Labute approximate surface area is 228 Å². The van der Waals surface area contributed by atoms with Crippen molar-refractivity contribution in [2.45, 2.75) is 50.2 Å². The minimum Gasteiger partial charge on any atom is -0.362 e. The van der Waals surface area contributed by atoms with E-state index in [-0.39, 0.29) is 35.3 Å². The monoisotopic (exact) mass is 578 g/mol. The first-order valence-corrected chi connectivity index (χ1v) is 13.4.